The van der Waals surface area contributed by atoms with Crippen LogP contribution in [0.2, 0.25) is 0 Å². The zero-order valence-corrected chi connectivity index (χ0v) is 14.9. The predicted molar refractivity (Wildman–Crippen MR) is 95.0 cm³/mol. The number of hydrogen-bond donors (Lipinski definition) is 0. The van der Waals surface area contributed by atoms with Gasteiger partial charge in [0.1, 0.15) is 5.71 Å². The molecule has 8 heteroatoms. The number of hydrazone groups is 1. The van der Waals surface area contributed by atoms with E-state index in [-0.39, 0.29) is 42.2 Å². The molecular weight excluding hydrogens is 342 g/mol. The highest BCUT2D eigenvalue weighted by molar-refractivity contribution is 7.91. The predicted octanol–water partition coefficient (Wildman–Crippen LogP) is 1.21. The van der Waals surface area contributed by atoms with Crippen molar-refractivity contribution in [1.29, 1.82) is 0 Å². The minimum absolute atomic E-state index is 0.00118. The van der Waals surface area contributed by atoms with Crippen molar-refractivity contribution >= 4 is 33.1 Å². The molecule has 7 nitrogen and oxygen atoms in total. The molecule has 134 valence electrons. The van der Waals surface area contributed by atoms with E-state index in [0.29, 0.717) is 24.4 Å². The van der Waals surface area contributed by atoms with E-state index in [2.05, 4.69) is 5.10 Å². The van der Waals surface area contributed by atoms with E-state index in [1.165, 1.54) is 5.01 Å². The Morgan fingerprint density at radius 1 is 1.28 bits per heavy atom. The van der Waals surface area contributed by atoms with Crippen molar-refractivity contribution in [2.75, 3.05) is 23.1 Å². The summed E-state index contributed by atoms with van der Waals surface area (Å²) in [4.78, 5) is 26.6. The fraction of sp³-hybridized carbons (Fsp3) is 0.471. The number of rotatable bonds is 4. The van der Waals surface area contributed by atoms with Crippen molar-refractivity contribution in [1.82, 2.24) is 4.90 Å². The summed E-state index contributed by atoms with van der Waals surface area (Å²) in [6.07, 6.45) is 0.938. The molecule has 2 aliphatic rings. The number of anilines is 1. The molecule has 0 saturated carbocycles. The first-order valence-corrected chi connectivity index (χ1v) is 10.2. The van der Waals surface area contributed by atoms with Gasteiger partial charge in [0, 0.05) is 25.4 Å². The maximum Gasteiger partial charge on any atom is 0.270 e. The van der Waals surface area contributed by atoms with Crippen LogP contribution in [0.3, 0.4) is 0 Å². The highest BCUT2D eigenvalue weighted by Gasteiger charge is 2.36. The molecule has 0 aromatic heterocycles. The number of carbonyl (C=O) groups excluding carboxylic acids is 2. The third-order valence-electron chi connectivity index (χ3n) is 4.53. The van der Waals surface area contributed by atoms with Crippen molar-refractivity contribution in [2.45, 2.75) is 32.2 Å². The normalized spacial score (nSPS) is 22.6. The van der Waals surface area contributed by atoms with Crippen molar-refractivity contribution in [2.24, 2.45) is 5.10 Å². The average Bonchev–Trinajstić information content (AvgIpc) is 2.96. The van der Waals surface area contributed by atoms with Crippen molar-refractivity contribution < 1.29 is 18.0 Å². The van der Waals surface area contributed by atoms with Gasteiger partial charge in [-0.3, -0.25) is 9.59 Å². The smallest absolute Gasteiger partial charge is 0.270 e. The lowest BCUT2D eigenvalue weighted by Crippen LogP contribution is -2.46. The molecule has 0 bridgehead atoms. The number of nitrogens with zero attached hydrogens (tertiary/aromatic N) is 3. The van der Waals surface area contributed by atoms with Crippen LogP contribution in [0.25, 0.3) is 0 Å². The van der Waals surface area contributed by atoms with E-state index in [1.54, 1.807) is 29.2 Å². The van der Waals surface area contributed by atoms with Crippen LogP contribution in [0.5, 0.6) is 0 Å². The van der Waals surface area contributed by atoms with Crippen LogP contribution in [-0.4, -0.2) is 54.9 Å². The first-order valence-electron chi connectivity index (χ1n) is 8.38. The molecule has 1 aromatic rings. The zero-order valence-electron chi connectivity index (χ0n) is 14.1. The van der Waals surface area contributed by atoms with Gasteiger partial charge in [-0.05, 0) is 25.5 Å². The van der Waals surface area contributed by atoms with E-state index >= 15 is 0 Å². The summed E-state index contributed by atoms with van der Waals surface area (Å²) in [5.41, 5.74) is 0.915. The zero-order chi connectivity index (χ0) is 18.0. The van der Waals surface area contributed by atoms with E-state index in [9.17, 15) is 18.0 Å². The molecular formula is C17H21N3O4S. The van der Waals surface area contributed by atoms with Gasteiger partial charge in [-0.1, -0.05) is 18.2 Å². The van der Waals surface area contributed by atoms with Crippen LogP contribution < -0.4 is 5.01 Å². The minimum Gasteiger partial charge on any atom is -0.334 e. The van der Waals surface area contributed by atoms with Gasteiger partial charge in [-0.15, -0.1) is 0 Å². The van der Waals surface area contributed by atoms with Crippen LogP contribution >= 0.6 is 0 Å². The molecule has 0 spiro atoms. The summed E-state index contributed by atoms with van der Waals surface area (Å²) in [5, 5.41) is 5.53. The second-order valence-corrected chi connectivity index (χ2v) is 8.46. The molecule has 1 atom stereocenters. The van der Waals surface area contributed by atoms with E-state index in [1.807, 2.05) is 13.0 Å². The van der Waals surface area contributed by atoms with Gasteiger partial charge < -0.3 is 4.90 Å². The number of hydrogen-bond acceptors (Lipinski definition) is 5. The quantitative estimate of drug-likeness (QED) is 0.804. The number of para-hydroxylation sites is 1. The summed E-state index contributed by atoms with van der Waals surface area (Å²) in [6, 6.07) is 8.65. The maximum absolute atomic E-state index is 12.9. The van der Waals surface area contributed by atoms with Crippen molar-refractivity contribution in [3.05, 3.63) is 30.3 Å². The molecule has 2 amide bonds. The Bertz CT molecular complexity index is 804. The van der Waals surface area contributed by atoms with E-state index in [0.717, 1.165) is 0 Å². The van der Waals surface area contributed by atoms with Gasteiger partial charge in [-0.2, -0.15) is 5.10 Å². The molecule has 2 heterocycles. The largest absolute Gasteiger partial charge is 0.334 e. The third kappa shape index (κ3) is 3.73. The molecule has 2 aliphatic heterocycles. The topological polar surface area (TPSA) is 87.1 Å². The fourth-order valence-corrected chi connectivity index (χ4v) is 4.96. The number of sulfone groups is 1. The first-order chi connectivity index (χ1) is 11.9. The van der Waals surface area contributed by atoms with Crippen LogP contribution in [0.15, 0.2) is 35.4 Å². The second kappa shape index (κ2) is 6.95. The second-order valence-electron chi connectivity index (χ2n) is 6.24. The van der Waals surface area contributed by atoms with Gasteiger partial charge >= 0.3 is 0 Å². The van der Waals surface area contributed by atoms with Gasteiger partial charge in [0.15, 0.2) is 9.84 Å². The van der Waals surface area contributed by atoms with E-state index < -0.39 is 9.84 Å². The van der Waals surface area contributed by atoms with Crippen LogP contribution in [-0.2, 0) is 19.4 Å². The molecule has 0 N–H and O–H groups in total. The van der Waals surface area contributed by atoms with Crippen molar-refractivity contribution in [3.63, 3.8) is 0 Å². The van der Waals surface area contributed by atoms with Gasteiger partial charge in [0.25, 0.3) is 5.91 Å². The summed E-state index contributed by atoms with van der Waals surface area (Å²) >= 11 is 0. The molecule has 25 heavy (non-hydrogen) atoms. The highest BCUT2D eigenvalue weighted by Crippen LogP contribution is 2.22. The fourth-order valence-electron chi connectivity index (χ4n) is 3.23. The third-order valence-corrected chi connectivity index (χ3v) is 6.28. The van der Waals surface area contributed by atoms with Crippen LogP contribution in [0.1, 0.15) is 26.2 Å². The Balaban J connectivity index is 1.84. The molecule has 1 fully saturated rings. The molecule has 1 saturated heterocycles. The summed E-state index contributed by atoms with van der Waals surface area (Å²) in [6.45, 7) is 2.24. The summed E-state index contributed by atoms with van der Waals surface area (Å²) < 4.78 is 23.4. The Labute approximate surface area is 147 Å². The van der Waals surface area contributed by atoms with Gasteiger partial charge in [-0.25, -0.2) is 13.4 Å². The number of amides is 2. The first kappa shape index (κ1) is 17.6. The summed E-state index contributed by atoms with van der Waals surface area (Å²) in [7, 11) is -3.08. The molecule has 1 unspecified atom stereocenters. The highest BCUT2D eigenvalue weighted by atomic mass is 32.2. The Kier molecular flexibility index (Phi) is 4.89. The van der Waals surface area contributed by atoms with Crippen LogP contribution in [0, 0.1) is 0 Å². The number of carbonyl (C=O) groups is 2. The molecule has 0 aliphatic carbocycles. The molecule has 1 aromatic carbocycles. The maximum atomic E-state index is 12.9. The summed E-state index contributed by atoms with van der Waals surface area (Å²) in [5.74, 6) is -0.323. The van der Waals surface area contributed by atoms with Crippen LogP contribution in [0.4, 0.5) is 5.69 Å². The molecule has 3 rings (SSSR count). The minimum atomic E-state index is -3.08. The lowest BCUT2D eigenvalue weighted by Gasteiger charge is -2.30. The Morgan fingerprint density at radius 3 is 2.60 bits per heavy atom. The van der Waals surface area contributed by atoms with Gasteiger partial charge in [0.05, 0.1) is 17.2 Å². The van der Waals surface area contributed by atoms with Crippen molar-refractivity contribution in [3.8, 4) is 0 Å². The Morgan fingerprint density at radius 2 is 2.00 bits per heavy atom. The molecule has 0 radical (unpaired) electrons. The van der Waals surface area contributed by atoms with E-state index in [4.69, 9.17) is 0 Å². The standard InChI is InChI=1S/C17H21N3O4S/c1-2-19(14-10-11-25(23,24)12-14)17(22)15-8-9-16(21)20(18-15)13-6-4-3-5-7-13/h3-7,14H,2,8-12H2,1H3. The SMILES string of the molecule is CCN(C(=O)C1=NN(c2ccccc2)C(=O)CC1)C1CCS(=O)(=O)C1. The number of benzene rings is 1. The lowest BCUT2D eigenvalue weighted by atomic mass is 10.1. The lowest BCUT2D eigenvalue weighted by molar-refractivity contribution is -0.125. The average molecular weight is 363 g/mol. The van der Waals surface area contributed by atoms with Gasteiger partial charge in [0.2, 0.25) is 5.91 Å². The monoisotopic (exact) mass is 363 g/mol. The Hall–Kier alpha value is -2.22.